The Morgan fingerprint density at radius 1 is 1.06 bits per heavy atom. The molecular weight excluding hydrogens is 204 g/mol. The topological polar surface area (TPSA) is 33.7 Å². The normalized spacial score (nSPS) is 11.6. The van der Waals surface area contributed by atoms with Crippen molar-refractivity contribution in [3.8, 4) is 0 Å². The molecule has 98 valence electrons. The molecule has 0 saturated carbocycles. The highest BCUT2D eigenvalue weighted by Crippen LogP contribution is 1.94. The Labute approximate surface area is 100 Å². The molecule has 0 aliphatic rings. The lowest BCUT2D eigenvalue weighted by atomic mass is 10.3. The molecule has 0 aromatic heterocycles. The Kier molecular flexibility index (Phi) is 11.2. The Morgan fingerprint density at radius 3 is 2.19 bits per heavy atom. The van der Waals surface area contributed by atoms with Crippen molar-refractivity contribution in [3.63, 3.8) is 0 Å². The molecule has 0 aromatic rings. The Hall–Kier alpha value is -0.160. The second kappa shape index (κ2) is 11.3. The molecule has 0 aliphatic heterocycles. The predicted molar refractivity (Wildman–Crippen MR) is 67.7 cm³/mol. The maximum atomic E-state index is 5.43. The summed E-state index contributed by atoms with van der Waals surface area (Å²) in [5, 5.41) is 3.36. The largest absolute Gasteiger partial charge is 0.352 e. The van der Waals surface area contributed by atoms with Crippen LogP contribution in [0.25, 0.3) is 0 Å². The van der Waals surface area contributed by atoms with Crippen molar-refractivity contribution in [1.29, 1.82) is 0 Å². The molecule has 0 spiro atoms. The van der Waals surface area contributed by atoms with Gasteiger partial charge in [-0.05, 0) is 53.9 Å². The lowest BCUT2D eigenvalue weighted by Gasteiger charge is -2.17. The molecule has 0 rings (SSSR count). The van der Waals surface area contributed by atoms with E-state index in [1.54, 1.807) is 0 Å². The molecule has 0 amide bonds. The van der Waals surface area contributed by atoms with Crippen molar-refractivity contribution >= 4 is 0 Å². The van der Waals surface area contributed by atoms with Gasteiger partial charge in [0.1, 0.15) is 0 Å². The lowest BCUT2D eigenvalue weighted by Crippen LogP contribution is -2.32. The zero-order valence-corrected chi connectivity index (χ0v) is 11.3. The molecule has 0 unspecified atom stereocenters. The number of nitrogens with zero attached hydrogens (tertiary/aromatic N) is 1. The molecule has 0 bridgehead atoms. The Balaban J connectivity index is 3.32. The van der Waals surface area contributed by atoms with Gasteiger partial charge in [-0.1, -0.05) is 0 Å². The van der Waals surface area contributed by atoms with Gasteiger partial charge >= 0.3 is 0 Å². The van der Waals surface area contributed by atoms with Crippen LogP contribution in [0.3, 0.4) is 0 Å². The van der Waals surface area contributed by atoms with Crippen molar-refractivity contribution in [1.82, 2.24) is 10.2 Å². The van der Waals surface area contributed by atoms with Crippen molar-refractivity contribution in [3.05, 3.63) is 0 Å². The maximum Gasteiger partial charge on any atom is 0.169 e. The summed E-state index contributed by atoms with van der Waals surface area (Å²) in [5.74, 6) is 0. The van der Waals surface area contributed by atoms with Crippen LogP contribution in [0.2, 0.25) is 0 Å². The summed E-state index contributed by atoms with van der Waals surface area (Å²) >= 11 is 0. The van der Waals surface area contributed by atoms with E-state index < -0.39 is 0 Å². The van der Waals surface area contributed by atoms with Crippen molar-refractivity contribution in [2.24, 2.45) is 0 Å². The van der Waals surface area contributed by atoms with Crippen LogP contribution < -0.4 is 5.32 Å². The van der Waals surface area contributed by atoms with E-state index in [9.17, 15) is 0 Å². The van der Waals surface area contributed by atoms with Crippen molar-refractivity contribution < 1.29 is 9.47 Å². The Bertz CT molecular complexity index is 137. The molecule has 0 radical (unpaired) electrons. The molecule has 0 saturated heterocycles. The Morgan fingerprint density at radius 2 is 1.69 bits per heavy atom. The standard InChI is InChI=1S/C12H28N2O2/c1-5-15-12(16-6-2)11-13-9-7-8-10-14(3)4/h12-13H,5-11H2,1-4H3. The van der Waals surface area contributed by atoms with E-state index in [-0.39, 0.29) is 6.29 Å². The lowest BCUT2D eigenvalue weighted by molar-refractivity contribution is -0.132. The minimum atomic E-state index is -0.0937. The van der Waals surface area contributed by atoms with Crippen molar-refractivity contribution in [2.75, 3.05) is 46.9 Å². The fraction of sp³-hybridized carbons (Fsp3) is 1.00. The average molecular weight is 232 g/mol. The van der Waals surface area contributed by atoms with Crippen LogP contribution >= 0.6 is 0 Å². The van der Waals surface area contributed by atoms with Gasteiger partial charge in [-0.3, -0.25) is 0 Å². The van der Waals surface area contributed by atoms with E-state index in [0.29, 0.717) is 13.2 Å². The molecule has 0 fully saturated rings. The van der Waals surface area contributed by atoms with Crippen LogP contribution in [0, 0.1) is 0 Å². The van der Waals surface area contributed by atoms with Gasteiger partial charge in [-0.2, -0.15) is 0 Å². The summed E-state index contributed by atoms with van der Waals surface area (Å²) < 4.78 is 10.9. The highest BCUT2D eigenvalue weighted by molar-refractivity contribution is 4.53. The van der Waals surface area contributed by atoms with E-state index in [0.717, 1.165) is 19.6 Å². The fourth-order valence-electron chi connectivity index (χ4n) is 1.44. The summed E-state index contributed by atoms with van der Waals surface area (Å²) in [6.07, 6.45) is 2.33. The van der Waals surface area contributed by atoms with Crippen LogP contribution in [0.15, 0.2) is 0 Å². The van der Waals surface area contributed by atoms with Crippen LogP contribution in [-0.4, -0.2) is 58.1 Å². The minimum absolute atomic E-state index is 0.0937. The monoisotopic (exact) mass is 232 g/mol. The van der Waals surface area contributed by atoms with Gasteiger partial charge < -0.3 is 19.7 Å². The first-order valence-electron chi connectivity index (χ1n) is 6.29. The number of rotatable bonds is 11. The third kappa shape index (κ3) is 10.4. The predicted octanol–water partition coefficient (Wildman–Crippen LogP) is 1.32. The van der Waals surface area contributed by atoms with E-state index >= 15 is 0 Å². The van der Waals surface area contributed by atoms with Crippen LogP contribution in [0.1, 0.15) is 26.7 Å². The van der Waals surface area contributed by atoms with Crippen LogP contribution in [0.4, 0.5) is 0 Å². The molecule has 0 aliphatic carbocycles. The summed E-state index contributed by atoms with van der Waals surface area (Å²) in [6.45, 7) is 8.35. The molecular formula is C12H28N2O2. The summed E-state index contributed by atoms with van der Waals surface area (Å²) in [5.41, 5.74) is 0. The third-order valence-electron chi connectivity index (χ3n) is 2.23. The average Bonchev–Trinajstić information content (AvgIpc) is 2.23. The zero-order chi connectivity index (χ0) is 12.2. The SMILES string of the molecule is CCOC(CNCCCCN(C)C)OCC. The van der Waals surface area contributed by atoms with Gasteiger partial charge in [0.25, 0.3) is 0 Å². The molecule has 0 aromatic carbocycles. The molecule has 1 N–H and O–H groups in total. The number of unbranched alkanes of at least 4 members (excludes halogenated alkanes) is 1. The minimum Gasteiger partial charge on any atom is -0.352 e. The summed E-state index contributed by atoms with van der Waals surface area (Å²) in [7, 11) is 4.21. The number of nitrogens with one attached hydrogen (secondary N) is 1. The second-order valence-corrected chi connectivity index (χ2v) is 4.05. The van der Waals surface area contributed by atoms with Gasteiger partial charge in [0.2, 0.25) is 0 Å². The van der Waals surface area contributed by atoms with Gasteiger partial charge in [0.15, 0.2) is 6.29 Å². The van der Waals surface area contributed by atoms with E-state index in [4.69, 9.17) is 9.47 Å². The van der Waals surface area contributed by atoms with Crippen LogP contribution in [0.5, 0.6) is 0 Å². The van der Waals surface area contributed by atoms with Gasteiger partial charge in [0, 0.05) is 19.8 Å². The first kappa shape index (κ1) is 15.8. The quantitative estimate of drug-likeness (QED) is 0.430. The summed E-state index contributed by atoms with van der Waals surface area (Å²) in [6, 6.07) is 0. The third-order valence-corrected chi connectivity index (χ3v) is 2.23. The van der Waals surface area contributed by atoms with Gasteiger partial charge in [-0.25, -0.2) is 0 Å². The first-order valence-corrected chi connectivity index (χ1v) is 6.29. The molecule has 4 heteroatoms. The smallest absolute Gasteiger partial charge is 0.169 e. The highest BCUT2D eigenvalue weighted by atomic mass is 16.7. The first-order chi connectivity index (χ1) is 7.70. The van der Waals surface area contributed by atoms with Gasteiger partial charge in [-0.15, -0.1) is 0 Å². The molecule has 0 heterocycles. The number of ether oxygens (including phenoxy) is 2. The van der Waals surface area contributed by atoms with E-state index in [2.05, 4.69) is 24.3 Å². The van der Waals surface area contributed by atoms with Gasteiger partial charge in [0.05, 0.1) is 0 Å². The van der Waals surface area contributed by atoms with E-state index in [1.165, 1.54) is 12.8 Å². The maximum absolute atomic E-state index is 5.43. The molecule has 16 heavy (non-hydrogen) atoms. The van der Waals surface area contributed by atoms with Crippen LogP contribution in [-0.2, 0) is 9.47 Å². The number of hydrogen-bond donors (Lipinski definition) is 1. The molecule has 0 atom stereocenters. The highest BCUT2D eigenvalue weighted by Gasteiger charge is 2.05. The second-order valence-electron chi connectivity index (χ2n) is 4.05. The van der Waals surface area contributed by atoms with E-state index in [1.807, 2.05) is 13.8 Å². The molecule has 4 nitrogen and oxygen atoms in total. The number of hydrogen-bond acceptors (Lipinski definition) is 4. The van der Waals surface area contributed by atoms with Crippen molar-refractivity contribution in [2.45, 2.75) is 33.0 Å². The zero-order valence-electron chi connectivity index (χ0n) is 11.3. The fourth-order valence-corrected chi connectivity index (χ4v) is 1.44. The summed E-state index contributed by atoms with van der Waals surface area (Å²) in [4.78, 5) is 2.21.